The van der Waals surface area contributed by atoms with Gasteiger partial charge in [0.2, 0.25) is 0 Å². The number of halogens is 2. The Morgan fingerprint density at radius 3 is 2.89 bits per heavy atom. The van der Waals surface area contributed by atoms with Crippen molar-refractivity contribution in [2.75, 3.05) is 6.54 Å². The summed E-state index contributed by atoms with van der Waals surface area (Å²) < 4.78 is 14.9. The lowest BCUT2D eigenvalue weighted by Crippen LogP contribution is -2.22. The molecule has 0 aliphatic rings. The van der Waals surface area contributed by atoms with Gasteiger partial charge in [0.1, 0.15) is 5.82 Å². The van der Waals surface area contributed by atoms with Crippen molar-refractivity contribution in [1.29, 1.82) is 0 Å². The summed E-state index contributed by atoms with van der Waals surface area (Å²) in [7, 11) is 0. The molecule has 0 saturated heterocycles. The van der Waals surface area contributed by atoms with E-state index in [9.17, 15) is 4.39 Å². The van der Waals surface area contributed by atoms with Gasteiger partial charge in [-0.25, -0.2) is 4.39 Å². The summed E-state index contributed by atoms with van der Waals surface area (Å²) in [5.74, 6) is -0.273. The Morgan fingerprint density at radius 1 is 1.56 bits per heavy atom. The Morgan fingerprint density at radius 2 is 2.33 bits per heavy atom. The second-order valence-corrected chi connectivity index (χ2v) is 6.40. The molecule has 18 heavy (non-hydrogen) atoms. The molecule has 0 amide bonds. The standard InChI is InChI=1S/C13H14BrFN2S/c1-3-17-12(9-4-5-16-7-10(9)15)11-6-8(2)13(14)18-11/h4-7,12,17H,3H2,1-2H3. The summed E-state index contributed by atoms with van der Waals surface area (Å²) in [6.45, 7) is 4.83. The Balaban J connectivity index is 2.43. The van der Waals surface area contributed by atoms with Gasteiger partial charge in [0, 0.05) is 16.6 Å². The number of pyridine rings is 1. The molecule has 2 heterocycles. The van der Waals surface area contributed by atoms with Crippen molar-refractivity contribution in [1.82, 2.24) is 10.3 Å². The molecular formula is C13H14BrFN2S. The van der Waals surface area contributed by atoms with Crippen LogP contribution < -0.4 is 5.32 Å². The van der Waals surface area contributed by atoms with Crippen molar-refractivity contribution in [3.8, 4) is 0 Å². The average Bonchev–Trinajstić information content (AvgIpc) is 2.68. The van der Waals surface area contributed by atoms with Crippen LogP contribution in [0.4, 0.5) is 4.39 Å². The molecule has 5 heteroatoms. The number of hydrogen-bond donors (Lipinski definition) is 1. The summed E-state index contributed by atoms with van der Waals surface area (Å²) in [4.78, 5) is 4.90. The van der Waals surface area contributed by atoms with E-state index < -0.39 is 0 Å². The molecule has 0 bridgehead atoms. The van der Waals surface area contributed by atoms with Crippen LogP contribution in [-0.2, 0) is 0 Å². The highest BCUT2D eigenvalue weighted by atomic mass is 79.9. The van der Waals surface area contributed by atoms with Gasteiger partial charge in [-0.05, 0) is 47.1 Å². The van der Waals surface area contributed by atoms with E-state index in [1.54, 1.807) is 23.6 Å². The SMILES string of the molecule is CCNC(c1cc(C)c(Br)s1)c1ccncc1F. The monoisotopic (exact) mass is 328 g/mol. The summed E-state index contributed by atoms with van der Waals surface area (Å²) in [6.07, 6.45) is 2.88. The maximum absolute atomic E-state index is 13.8. The summed E-state index contributed by atoms with van der Waals surface area (Å²) in [5, 5.41) is 3.32. The number of rotatable bonds is 4. The van der Waals surface area contributed by atoms with Crippen LogP contribution in [0.1, 0.15) is 29.0 Å². The number of thiophene rings is 1. The van der Waals surface area contributed by atoms with Crippen LogP contribution >= 0.6 is 27.3 Å². The molecule has 2 nitrogen and oxygen atoms in total. The van der Waals surface area contributed by atoms with Crippen LogP contribution in [0.2, 0.25) is 0 Å². The lowest BCUT2D eigenvalue weighted by molar-refractivity contribution is 0.558. The van der Waals surface area contributed by atoms with Gasteiger partial charge in [0.25, 0.3) is 0 Å². The minimum absolute atomic E-state index is 0.118. The molecule has 1 N–H and O–H groups in total. The highest BCUT2D eigenvalue weighted by Gasteiger charge is 2.19. The van der Waals surface area contributed by atoms with Gasteiger partial charge in [-0.15, -0.1) is 11.3 Å². The van der Waals surface area contributed by atoms with Gasteiger partial charge < -0.3 is 5.32 Å². The number of aromatic nitrogens is 1. The first-order valence-electron chi connectivity index (χ1n) is 5.72. The Bertz CT molecular complexity index is 522. The Labute approximate surface area is 118 Å². The van der Waals surface area contributed by atoms with Crippen LogP contribution in [-0.4, -0.2) is 11.5 Å². The molecule has 0 fully saturated rings. The zero-order valence-electron chi connectivity index (χ0n) is 10.2. The summed E-state index contributed by atoms with van der Waals surface area (Å²) in [6, 6.07) is 3.70. The van der Waals surface area contributed by atoms with Crippen LogP contribution in [0, 0.1) is 12.7 Å². The van der Waals surface area contributed by atoms with Crippen LogP contribution in [0.5, 0.6) is 0 Å². The third kappa shape index (κ3) is 2.79. The topological polar surface area (TPSA) is 24.9 Å². The Hall–Kier alpha value is -0.780. The smallest absolute Gasteiger partial charge is 0.146 e. The van der Waals surface area contributed by atoms with Crippen molar-refractivity contribution in [2.24, 2.45) is 0 Å². The quantitative estimate of drug-likeness (QED) is 0.915. The minimum Gasteiger partial charge on any atom is -0.306 e. The van der Waals surface area contributed by atoms with E-state index in [4.69, 9.17) is 0 Å². The molecule has 2 aromatic heterocycles. The third-order valence-electron chi connectivity index (χ3n) is 2.68. The molecule has 0 spiro atoms. The Kier molecular flexibility index (Phi) is 4.48. The summed E-state index contributed by atoms with van der Waals surface area (Å²) in [5.41, 5.74) is 1.81. The fourth-order valence-corrected chi connectivity index (χ4v) is 3.48. The van der Waals surface area contributed by atoms with Gasteiger partial charge in [-0.1, -0.05) is 6.92 Å². The fourth-order valence-electron chi connectivity index (χ4n) is 1.81. The second kappa shape index (κ2) is 5.91. The van der Waals surface area contributed by atoms with Gasteiger partial charge in [0.05, 0.1) is 16.0 Å². The van der Waals surface area contributed by atoms with E-state index in [0.29, 0.717) is 5.56 Å². The van der Waals surface area contributed by atoms with Crippen molar-refractivity contribution in [3.05, 3.63) is 50.1 Å². The van der Waals surface area contributed by atoms with Crippen molar-refractivity contribution in [2.45, 2.75) is 19.9 Å². The number of nitrogens with zero attached hydrogens (tertiary/aromatic N) is 1. The molecule has 0 radical (unpaired) electrons. The zero-order chi connectivity index (χ0) is 13.1. The van der Waals surface area contributed by atoms with Gasteiger partial charge >= 0.3 is 0 Å². The van der Waals surface area contributed by atoms with E-state index >= 15 is 0 Å². The third-order valence-corrected chi connectivity index (χ3v) is 4.89. The molecule has 0 aliphatic carbocycles. The highest BCUT2D eigenvalue weighted by Crippen LogP contribution is 2.34. The van der Waals surface area contributed by atoms with Crippen molar-refractivity contribution in [3.63, 3.8) is 0 Å². The first kappa shape index (κ1) is 13.6. The van der Waals surface area contributed by atoms with Crippen LogP contribution in [0.25, 0.3) is 0 Å². The van der Waals surface area contributed by atoms with E-state index in [2.05, 4.69) is 32.3 Å². The van der Waals surface area contributed by atoms with E-state index in [-0.39, 0.29) is 11.9 Å². The lowest BCUT2D eigenvalue weighted by Gasteiger charge is -2.17. The zero-order valence-corrected chi connectivity index (χ0v) is 12.6. The molecule has 1 atom stereocenters. The second-order valence-electron chi connectivity index (χ2n) is 3.99. The van der Waals surface area contributed by atoms with Crippen LogP contribution in [0.3, 0.4) is 0 Å². The first-order chi connectivity index (χ1) is 8.63. The molecule has 2 aromatic rings. The van der Waals surface area contributed by atoms with Crippen molar-refractivity contribution >= 4 is 27.3 Å². The number of nitrogens with one attached hydrogen (secondary N) is 1. The normalized spacial score (nSPS) is 12.7. The number of aryl methyl sites for hydroxylation is 1. The minimum atomic E-state index is -0.273. The molecule has 96 valence electrons. The van der Waals surface area contributed by atoms with E-state index in [0.717, 1.165) is 15.2 Å². The molecule has 1 unspecified atom stereocenters. The van der Waals surface area contributed by atoms with E-state index in [1.165, 1.54) is 11.8 Å². The molecule has 0 aliphatic heterocycles. The average molecular weight is 329 g/mol. The molecular weight excluding hydrogens is 315 g/mol. The van der Waals surface area contributed by atoms with Gasteiger partial charge in [0.15, 0.2) is 0 Å². The molecule has 0 aromatic carbocycles. The van der Waals surface area contributed by atoms with E-state index in [1.807, 2.05) is 13.8 Å². The predicted octanol–water partition coefficient (Wildman–Crippen LogP) is 4.05. The van der Waals surface area contributed by atoms with Gasteiger partial charge in [-0.2, -0.15) is 0 Å². The predicted molar refractivity (Wildman–Crippen MR) is 76.5 cm³/mol. The maximum Gasteiger partial charge on any atom is 0.146 e. The summed E-state index contributed by atoms with van der Waals surface area (Å²) >= 11 is 5.14. The lowest BCUT2D eigenvalue weighted by atomic mass is 10.1. The highest BCUT2D eigenvalue weighted by molar-refractivity contribution is 9.11. The molecule has 0 saturated carbocycles. The van der Waals surface area contributed by atoms with Crippen LogP contribution in [0.15, 0.2) is 28.3 Å². The molecule has 2 rings (SSSR count). The first-order valence-corrected chi connectivity index (χ1v) is 7.33. The fraction of sp³-hybridized carbons (Fsp3) is 0.308. The number of hydrogen-bond acceptors (Lipinski definition) is 3. The largest absolute Gasteiger partial charge is 0.306 e. The maximum atomic E-state index is 13.8. The van der Waals surface area contributed by atoms with Gasteiger partial charge in [-0.3, -0.25) is 4.98 Å². The van der Waals surface area contributed by atoms with Crippen molar-refractivity contribution < 1.29 is 4.39 Å².